The molecule has 1 aromatic carbocycles. The van der Waals surface area contributed by atoms with E-state index >= 15 is 0 Å². The second-order valence-corrected chi connectivity index (χ2v) is 5.39. The average Bonchev–Trinajstić information content (AvgIpc) is 2.37. The molecule has 1 aliphatic carbocycles. The molecule has 1 aliphatic rings. The number of hydrogen-bond acceptors (Lipinski definition) is 3. The zero-order valence-electron chi connectivity index (χ0n) is 10.3. The summed E-state index contributed by atoms with van der Waals surface area (Å²) in [6.45, 7) is 0. The quantitative estimate of drug-likeness (QED) is 0.833. The van der Waals surface area contributed by atoms with Gasteiger partial charge in [0.25, 0.3) is 0 Å². The highest BCUT2D eigenvalue weighted by Gasteiger charge is 2.24. The highest BCUT2D eigenvalue weighted by molar-refractivity contribution is 7.98. The van der Waals surface area contributed by atoms with Gasteiger partial charge in [-0.15, -0.1) is 11.8 Å². The third-order valence-electron chi connectivity index (χ3n) is 3.36. The molecule has 1 fully saturated rings. The standard InChI is InChI=1S/C14H20O2S/c1-17-10-16-12-6-4-5-11(9-12)13-7-2-3-8-14(13)15/h4-6,9,13-15H,2-3,7-8,10H2,1H3/t13-,14+/m1/s1. The SMILES string of the molecule is CSCOc1cccc([C@H]2CCCC[C@@H]2O)c1. The van der Waals surface area contributed by atoms with E-state index in [1.165, 1.54) is 12.0 Å². The summed E-state index contributed by atoms with van der Waals surface area (Å²) < 4.78 is 5.60. The number of aliphatic hydroxyl groups is 1. The number of aliphatic hydroxyl groups excluding tert-OH is 1. The van der Waals surface area contributed by atoms with Crippen LogP contribution in [0.1, 0.15) is 37.2 Å². The number of rotatable bonds is 4. The summed E-state index contributed by atoms with van der Waals surface area (Å²) in [5.74, 6) is 1.88. The first kappa shape index (κ1) is 12.8. The molecule has 0 heterocycles. The van der Waals surface area contributed by atoms with Crippen molar-refractivity contribution in [1.29, 1.82) is 0 Å². The van der Waals surface area contributed by atoms with E-state index in [1.807, 2.05) is 18.4 Å². The summed E-state index contributed by atoms with van der Waals surface area (Å²) >= 11 is 1.67. The lowest BCUT2D eigenvalue weighted by atomic mass is 9.82. The number of thioether (sulfide) groups is 1. The Hall–Kier alpha value is -0.670. The Balaban J connectivity index is 2.08. The lowest BCUT2D eigenvalue weighted by Crippen LogP contribution is -2.22. The lowest BCUT2D eigenvalue weighted by molar-refractivity contribution is 0.106. The Kier molecular flexibility index (Phi) is 4.75. The van der Waals surface area contributed by atoms with Gasteiger partial charge >= 0.3 is 0 Å². The Labute approximate surface area is 107 Å². The molecule has 17 heavy (non-hydrogen) atoms. The van der Waals surface area contributed by atoms with Gasteiger partial charge in [0.1, 0.15) is 11.7 Å². The third-order valence-corrected chi connectivity index (χ3v) is 3.71. The Morgan fingerprint density at radius 3 is 2.94 bits per heavy atom. The Bertz CT molecular complexity index is 354. The van der Waals surface area contributed by atoms with Crippen LogP contribution in [-0.4, -0.2) is 23.4 Å². The van der Waals surface area contributed by atoms with Gasteiger partial charge in [-0.25, -0.2) is 0 Å². The molecule has 2 nitrogen and oxygen atoms in total. The van der Waals surface area contributed by atoms with Crippen LogP contribution < -0.4 is 4.74 Å². The van der Waals surface area contributed by atoms with E-state index in [9.17, 15) is 5.11 Å². The van der Waals surface area contributed by atoms with Crippen molar-refractivity contribution in [2.45, 2.75) is 37.7 Å². The number of ether oxygens (including phenoxy) is 1. The summed E-state index contributed by atoms with van der Waals surface area (Å²) in [5.41, 5.74) is 1.22. The molecule has 1 aromatic rings. The molecule has 2 rings (SSSR count). The maximum atomic E-state index is 10.0. The van der Waals surface area contributed by atoms with Gasteiger partial charge in [0.2, 0.25) is 0 Å². The minimum Gasteiger partial charge on any atom is -0.483 e. The van der Waals surface area contributed by atoms with Crippen LogP contribution in [0.15, 0.2) is 24.3 Å². The molecule has 0 unspecified atom stereocenters. The van der Waals surface area contributed by atoms with E-state index in [-0.39, 0.29) is 6.10 Å². The van der Waals surface area contributed by atoms with E-state index in [0.29, 0.717) is 11.9 Å². The average molecular weight is 252 g/mol. The molecular formula is C14H20O2S. The van der Waals surface area contributed by atoms with Crippen LogP contribution in [0.25, 0.3) is 0 Å². The van der Waals surface area contributed by atoms with Gasteiger partial charge in [0, 0.05) is 5.92 Å². The van der Waals surface area contributed by atoms with E-state index in [1.54, 1.807) is 11.8 Å². The molecule has 0 aromatic heterocycles. The molecule has 3 heteroatoms. The maximum absolute atomic E-state index is 10.0. The van der Waals surface area contributed by atoms with Crippen LogP contribution in [0.3, 0.4) is 0 Å². The molecule has 2 atom stereocenters. The Morgan fingerprint density at radius 1 is 1.35 bits per heavy atom. The largest absolute Gasteiger partial charge is 0.483 e. The molecule has 0 spiro atoms. The molecule has 0 radical (unpaired) electrons. The van der Waals surface area contributed by atoms with E-state index < -0.39 is 0 Å². The summed E-state index contributed by atoms with van der Waals surface area (Å²) in [4.78, 5) is 0. The highest BCUT2D eigenvalue weighted by Crippen LogP contribution is 2.34. The van der Waals surface area contributed by atoms with Crippen LogP contribution >= 0.6 is 11.8 Å². The monoisotopic (exact) mass is 252 g/mol. The van der Waals surface area contributed by atoms with Crippen molar-refractivity contribution in [2.24, 2.45) is 0 Å². The predicted octanol–water partition coefficient (Wildman–Crippen LogP) is 3.40. The van der Waals surface area contributed by atoms with Crippen molar-refractivity contribution >= 4 is 11.8 Å². The fourth-order valence-electron chi connectivity index (χ4n) is 2.46. The van der Waals surface area contributed by atoms with Crippen LogP contribution in [-0.2, 0) is 0 Å². The van der Waals surface area contributed by atoms with E-state index in [2.05, 4.69) is 12.1 Å². The molecule has 0 amide bonds. The van der Waals surface area contributed by atoms with Crippen LogP contribution in [0.4, 0.5) is 0 Å². The van der Waals surface area contributed by atoms with Gasteiger partial charge in [0.05, 0.1) is 6.10 Å². The summed E-state index contributed by atoms with van der Waals surface area (Å²) in [7, 11) is 0. The number of hydrogen-bond donors (Lipinski definition) is 1. The van der Waals surface area contributed by atoms with Gasteiger partial charge in [-0.1, -0.05) is 25.0 Å². The molecular weight excluding hydrogens is 232 g/mol. The number of benzene rings is 1. The predicted molar refractivity (Wildman–Crippen MR) is 72.7 cm³/mol. The minimum atomic E-state index is -0.181. The van der Waals surface area contributed by atoms with Crippen molar-refractivity contribution in [3.8, 4) is 5.75 Å². The molecule has 0 bridgehead atoms. The zero-order valence-corrected chi connectivity index (χ0v) is 11.1. The van der Waals surface area contributed by atoms with Gasteiger partial charge in [-0.2, -0.15) is 0 Å². The second kappa shape index (κ2) is 6.31. The first-order chi connectivity index (χ1) is 8.31. The van der Waals surface area contributed by atoms with Gasteiger partial charge in [-0.3, -0.25) is 0 Å². The maximum Gasteiger partial charge on any atom is 0.133 e. The van der Waals surface area contributed by atoms with Crippen molar-refractivity contribution in [3.63, 3.8) is 0 Å². The van der Waals surface area contributed by atoms with Crippen LogP contribution in [0.2, 0.25) is 0 Å². The smallest absolute Gasteiger partial charge is 0.133 e. The van der Waals surface area contributed by atoms with Crippen molar-refractivity contribution in [3.05, 3.63) is 29.8 Å². The normalized spacial score (nSPS) is 24.6. The fourth-order valence-corrected chi connectivity index (χ4v) is 2.72. The first-order valence-corrected chi connectivity index (χ1v) is 7.60. The summed E-state index contributed by atoms with van der Waals surface area (Å²) in [6, 6.07) is 8.18. The van der Waals surface area contributed by atoms with Crippen molar-refractivity contribution < 1.29 is 9.84 Å². The Morgan fingerprint density at radius 2 is 2.18 bits per heavy atom. The molecule has 0 aliphatic heterocycles. The fraction of sp³-hybridized carbons (Fsp3) is 0.571. The van der Waals surface area contributed by atoms with E-state index in [0.717, 1.165) is 25.0 Å². The van der Waals surface area contributed by atoms with Crippen LogP contribution in [0.5, 0.6) is 5.75 Å². The topological polar surface area (TPSA) is 29.5 Å². The third kappa shape index (κ3) is 3.39. The van der Waals surface area contributed by atoms with Crippen molar-refractivity contribution in [2.75, 3.05) is 12.2 Å². The van der Waals surface area contributed by atoms with Gasteiger partial charge in [-0.05, 0) is 36.8 Å². The molecule has 1 saturated carbocycles. The van der Waals surface area contributed by atoms with E-state index in [4.69, 9.17) is 4.74 Å². The van der Waals surface area contributed by atoms with Gasteiger partial charge in [0.15, 0.2) is 0 Å². The highest BCUT2D eigenvalue weighted by atomic mass is 32.2. The zero-order chi connectivity index (χ0) is 12.1. The minimum absolute atomic E-state index is 0.181. The molecule has 94 valence electrons. The summed E-state index contributed by atoms with van der Waals surface area (Å²) in [6.07, 6.45) is 6.24. The second-order valence-electron chi connectivity index (χ2n) is 4.58. The van der Waals surface area contributed by atoms with Crippen molar-refractivity contribution in [1.82, 2.24) is 0 Å². The molecule has 1 N–H and O–H groups in total. The molecule has 0 saturated heterocycles. The lowest BCUT2D eigenvalue weighted by Gasteiger charge is -2.28. The summed E-state index contributed by atoms with van der Waals surface area (Å²) in [5, 5.41) is 10.0. The first-order valence-electron chi connectivity index (χ1n) is 6.21. The van der Waals surface area contributed by atoms with Crippen LogP contribution in [0, 0.1) is 0 Å². The van der Waals surface area contributed by atoms with Gasteiger partial charge < -0.3 is 9.84 Å².